The van der Waals surface area contributed by atoms with Crippen LogP contribution in [-0.4, -0.2) is 42.2 Å². The predicted molar refractivity (Wildman–Crippen MR) is 135 cm³/mol. The number of rotatable bonds is 5. The second-order valence-electron chi connectivity index (χ2n) is 7.96. The van der Waals surface area contributed by atoms with Crippen molar-refractivity contribution in [2.45, 2.75) is 6.61 Å². The van der Waals surface area contributed by atoms with E-state index in [2.05, 4.69) is 39.1 Å². The lowest BCUT2D eigenvalue weighted by Crippen LogP contribution is -2.47. The Hall–Kier alpha value is -3.51. The Kier molecular flexibility index (Phi) is 6.44. The van der Waals surface area contributed by atoms with Gasteiger partial charge in [0.25, 0.3) is 5.91 Å². The van der Waals surface area contributed by atoms with Crippen LogP contribution in [0.3, 0.4) is 0 Å². The minimum Gasteiger partial charge on any atom is -0.489 e. The zero-order chi connectivity index (χ0) is 22.5. The summed E-state index contributed by atoms with van der Waals surface area (Å²) in [6, 6.07) is 28.3. The summed E-state index contributed by atoms with van der Waals surface area (Å²) in [5.74, 6) is 0.643. The van der Waals surface area contributed by atoms with Gasteiger partial charge in [0.15, 0.2) is 5.17 Å². The van der Waals surface area contributed by atoms with E-state index in [0.29, 0.717) is 11.5 Å². The third kappa shape index (κ3) is 5.29. The van der Waals surface area contributed by atoms with Gasteiger partial charge in [-0.2, -0.15) is 4.99 Å². The molecule has 1 amide bonds. The molecular formula is C27H25N3O2S. The van der Waals surface area contributed by atoms with E-state index in [-0.39, 0.29) is 5.91 Å². The maximum atomic E-state index is 12.5. The maximum Gasteiger partial charge on any atom is 0.286 e. The molecule has 6 heteroatoms. The fourth-order valence-electron chi connectivity index (χ4n) is 3.88. The van der Waals surface area contributed by atoms with Crippen LogP contribution in [-0.2, 0) is 11.4 Å². The average Bonchev–Trinajstić information content (AvgIpc) is 3.25. The predicted octanol–water partition coefficient (Wildman–Crippen LogP) is 5.06. The van der Waals surface area contributed by atoms with E-state index in [9.17, 15) is 4.79 Å². The lowest BCUT2D eigenvalue weighted by molar-refractivity contribution is -0.113. The maximum absolute atomic E-state index is 12.5. The summed E-state index contributed by atoms with van der Waals surface area (Å²) in [4.78, 5) is 22.1. The van der Waals surface area contributed by atoms with Crippen molar-refractivity contribution in [3.8, 4) is 5.75 Å². The first-order valence-corrected chi connectivity index (χ1v) is 11.9. The van der Waals surface area contributed by atoms with E-state index in [1.165, 1.54) is 17.4 Å². The van der Waals surface area contributed by atoms with E-state index >= 15 is 0 Å². The van der Waals surface area contributed by atoms with E-state index in [0.717, 1.165) is 48.2 Å². The van der Waals surface area contributed by atoms with Gasteiger partial charge >= 0.3 is 0 Å². The third-order valence-corrected chi connectivity index (χ3v) is 6.75. The molecule has 1 fully saturated rings. The van der Waals surface area contributed by atoms with Gasteiger partial charge < -0.3 is 14.5 Å². The monoisotopic (exact) mass is 455 g/mol. The van der Waals surface area contributed by atoms with Crippen LogP contribution < -0.4 is 9.64 Å². The second-order valence-corrected chi connectivity index (χ2v) is 8.97. The Bertz CT molecular complexity index is 1150. The number of piperazine rings is 1. The molecule has 1 saturated heterocycles. The van der Waals surface area contributed by atoms with Crippen LogP contribution in [0.25, 0.3) is 6.08 Å². The molecule has 0 aliphatic carbocycles. The Morgan fingerprint density at radius 2 is 1.45 bits per heavy atom. The van der Waals surface area contributed by atoms with Crippen LogP contribution in [0.1, 0.15) is 11.1 Å². The molecule has 2 aliphatic heterocycles. The van der Waals surface area contributed by atoms with Crippen molar-refractivity contribution in [3.05, 3.63) is 101 Å². The molecule has 3 aromatic carbocycles. The summed E-state index contributed by atoms with van der Waals surface area (Å²) in [6.07, 6.45) is 1.91. The number of carbonyl (C=O) groups is 1. The Morgan fingerprint density at radius 3 is 2.15 bits per heavy atom. The van der Waals surface area contributed by atoms with Crippen LogP contribution >= 0.6 is 11.8 Å². The van der Waals surface area contributed by atoms with Crippen molar-refractivity contribution in [2.75, 3.05) is 31.1 Å². The van der Waals surface area contributed by atoms with Gasteiger partial charge in [0, 0.05) is 31.9 Å². The van der Waals surface area contributed by atoms with Gasteiger partial charge in [0.2, 0.25) is 0 Å². The van der Waals surface area contributed by atoms with Crippen LogP contribution in [0.5, 0.6) is 5.75 Å². The van der Waals surface area contributed by atoms with Gasteiger partial charge in [-0.3, -0.25) is 4.79 Å². The number of para-hydroxylation sites is 1. The quantitative estimate of drug-likeness (QED) is 0.504. The summed E-state index contributed by atoms with van der Waals surface area (Å²) >= 11 is 1.47. The molecule has 3 aromatic rings. The summed E-state index contributed by atoms with van der Waals surface area (Å²) in [7, 11) is 0. The number of amides is 1. The lowest BCUT2D eigenvalue weighted by atomic mass is 10.2. The van der Waals surface area contributed by atoms with E-state index in [1.54, 1.807) is 0 Å². The fourth-order valence-corrected chi connectivity index (χ4v) is 4.85. The normalized spacial score (nSPS) is 17.4. The molecule has 33 heavy (non-hydrogen) atoms. The highest BCUT2D eigenvalue weighted by molar-refractivity contribution is 8.18. The SMILES string of the molecule is O=C1N=C(N2CCN(c3ccccc3)CC2)S/C1=C\c1ccc(OCc2ccccc2)cc1. The molecule has 0 N–H and O–H groups in total. The molecule has 0 unspecified atom stereocenters. The van der Waals surface area contributed by atoms with Gasteiger partial charge in [-0.1, -0.05) is 60.7 Å². The Balaban J connectivity index is 1.16. The van der Waals surface area contributed by atoms with Crippen molar-refractivity contribution in [1.29, 1.82) is 0 Å². The number of aliphatic imine (C=N–C) groups is 1. The molecule has 0 spiro atoms. The van der Waals surface area contributed by atoms with Gasteiger partial charge in [-0.15, -0.1) is 0 Å². The zero-order valence-corrected chi connectivity index (χ0v) is 19.1. The second kappa shape index (κ2) is 9.96. The van der Waals surface area contributed by atoms with Crippen LogP contribution in [0.2, 0.25) is 0 Å². The summed E-state index contributed by atoms with van der Waals surface area (Å²) in [5, 5.41) is 0.807. The van der Waals surface area contributed by atoms with Crippen molar-refractivity contribution < 1.29 is 9.53 Å². The highest BCUT2D eigenvalue weighted by Crippen LogP contribution is 2.31. The molecule has 5 nitrogen and oxygen atoms in total. The molecule has 166 valence electrons. The highest BCUT2D eigenvalue weighted by atomic mass is 32.2. The van der Waals surface area contributed by atoms with Crippen LogP contribution in [0.15, 0.2) is 94.8 Å². The third-order valence-electron chi connectivity index (χ3n) is 5.71. The topological polar surface area (TPSA) is 45.1 Å². The first-order chi connectivity index (χ1) is 16.2. The molecule has 5 rings (SSSR count). The summed E-state index contributed by atoms with van der Waals surface area (Å²) < 4.78 is 5.85. The number of amidine groups is 1. The van der Waals surface area contributed by atoms with Crippen molar-refractivity contribution in [1.82, 2.24) is 4.90 Å². The number of hydrogen-bond donors (Lipinski definition) is 0. The van der Waals surface area contributed by atoms with Crippen molar-refractivity contribution in [3.63, 3.8) is 0 Å². The molecule has 2 aliphatic rings. The number of nitrogens with zero attached hydrogens (tertiary/aromatic N) is 3. The van der Waals surface area contributed by atoms with Crippen LogP contribution in [0, 0.1) is 0 Å². The molecule has 0 bridgehead atoms. The Labute approximate surface area is 198 Å². The van der Waals surface area contributed by atoms with Crippen LogP contribution in [0.4, 0.5) is 5.69 Å². The smallest absolute Gasteiger partial charge is 0.286 e. The summed E-state index contributed by atoms with van der Waals surface area (Å²) in [5.41, 5.74) is 3.33. The average molecular weight is 456 g/mol. The molecule has 0 radical (unpaired) electrons. The minimum absolute atomic E-state index is 0.162. The van der Waals surface area contributed by atoms with Gasteiger partial charge in [0.1, 0.15) is 12.4 Å². The van der Waals surface area contributed by atoms with Crippen molar-refractivity contribution in [2.24, 2.45) is 4.99 Å². The first-order valence-electron chi connectivity index (χ1n) is 11.1. The molecular weight excluding hydrogens is 430 g/mol. The van der Waals surface area contributed by atoms with E-state index in [4.69, 9.17) is 4.74 Å². The van der Waals surface area contributed by atoms with Gasteiger partial charge in [0.05, 0.1) is 4.91 Å². The number of anilines is 1. The largest absolute Gasteiger partial charge is 0.489 e. The standard InChI is InChI=1S/C27H25N3O2S/c31-26-25(19-21-11-13-24(14-12-21)32-20-22-7-3-1-4-8-22)33-27(28-26)30-17-15-29(16-18-30)23-9-5-2-6-10-23/h1-14,19H,15-18,20H2/b25-19-. The lowest BCUT2D eigenvalue weighted by Gasteiger charge is -2.36. The molecule has 2 heterocycles. The number of hydrogen-bond acceptors (Lipinski definition) is 5. The fraction of sp³-hybridized carbons (Fsp3) is 0.185. The Morgan fingerprint density at radius 1 is 0.818 bits per heavy atom. The first kappa shape index (κ1) is 21.3. The molecule has 0 aromatic heterocycles. The minimum atomic E-state index is -0.162. The molecule has 0 atom stereocenters. The van der Waals surface area contributed by atoms with E-state index in [1.807, 2.05) is 66.7 Å². The summed E-state index contributed by atoms with van der Waals surface area (Å²) in [6.45, 7) is 4.08. The molecule has 0 saturated carbocycles. The number of thioether (sulfide) groups is 1. The van der Waals surface area contributed by atoms with Gasteiger partial charge in [-0.05, 0) is 53.2 Å². The number of benzene rings is 3. The highest BCUT2D eigenvalue weighted by Gasteiger charge is 2.28. The zero-order valence-electron chi connectivity index (χ0n) is 18.3. The van der Waals surface area contributed by atoms with Gasteiger partial charge in [-0.25, -0.2) is 0 Å². The number of ether oxygens (including phenoxy) is 1. The van der Waals surface area contributed by atoms with E-state index < -0.39 is 0 Å². The van der Waals surface area contributed by atoms with Crippen molar-refractivity contribution >= 4 is 34.6 Å². The number of carbonyl (C=O) groups excluding carboxylic acids is 1.